The van der Waals surface area contributed by atoms with Gasteiger partial charge in [-0.15, -0.1) is 0 Å². The molecule has 0 unspecified atom stereocenters. The van der Waals surface area contributed by atoms with Crippen molar-refractivity contribution < 1.29 is 9.53 Å². The molecule has 2 nitrogen and oxygen atoms in total. The lowest BCUT2D eigenvalue weighted by molar-refractivity contribution is -0.139. The van der Waals surface area contributed by atoms with E-state index in [-0.39, 0.29) is 16.8 Å². The number of esters is 1. The monoisotopic (exact) mass is 454 g/mol. The van der Waals surface area contributed by atoms with Gasteiger partial charge >= 0.3 is 5.97 Å². The Bertz CT molecular complexity index is 817. The molecule has 0 aromatic rings. The van der Waals surface area contributed by atoms with Gasteiger partial charge in [0, 0.05) is 12.3 Å². The van der Waals surface area contributed by atoms with Crippen molar-refractivity contribution in [2.75, 3.05) is 0 Å². The van der Waals surface area contributed by atoms with Crippen LogP contribution < -0.4 is 0 Å². The van der Waals surface area contributed by atoms with Crippen LogP contribution in [0.2, 0.25) is 0 Å². The van der Waals surface area contributed by atoms with Crippen LogP contribution in [0.4, 0.5) is 0 Å². The highest BCUT2D eigenvalue weighted by atomic mass is 16.5. The van der Waals surface area contributed by atoms with Crippen molar-refractivity contribution in [1.82, 2.24) is 0 Å². The number of carbonyl (C=O) groups is 1. The van der Waals surface area contributed by atoms with Crippen LogP contribution in [0.5, 0.6) is 0 Å². The Hall–Kier alpha value is -1.05. The van der Waals surface area contributed by atoms with Gasteiger partial charge in [-0.25, -0.2) is 0 Å². The van der Waals surface area contributed by atoms with E-state index < -0.39 is 0 Å². The Morgan fingerprint density at radius 3 is 2.36 bits per heavy atom. The number of hydrogen-bond acceptors (Lipinski definition) is 2. The molecular formula is C31H50O2. The molecular weight excluding hydrogens is 404 g/mol. The van der Waals surface area contributed by atoms with E-state index in [4.69, 9.17) is 4.74 Å². The van der Waals surface area contributed by atoms with Crippen LogP contribution in [0.3, 0.4) is 0 Å². The van der Waals surface area contributed by atoms with Gasteiger partial charge in [0.2, 0.25) is 0 Å². The molecule has 0 heterocycles. The molecule has 0 aliphatic heterocycles. The fourth-order valence-electron chi connectivity index (χ4n) is 9.24. The second-order valence-electron chi connectivity index (χ2n) is 13.7. The first-order chi connectivity index (χ1) is 15.4. The molecule has 0 bridgehead atoms. The van der Waals surface area contributed by atoms with Crippen LogP contribution in [0.15, 0.2) is 23.5 Å². The van der Waals surface area contributed by atoms with Crippen molar-refractivity contribution in [3.05, 3.63) is 23.5 Å². The van der Waals surface area contributed by atoms with Gasteiger partial charge in [0.25, 0.3) is 0 Å². The van der Waals surface area contributed by atoms with E-state index in [2.05, 4.69) is 60.6 Å². The maximum absolute atomic E-state index is 11.7. The maximum atomic E-state index is 11.7. The summed E-state index contributed by atoms with van der Waals surface area (Å²) in [5.74, 6) is 5.78. The molecule has 0 aromatic carbocycles. The summed E-state index contributed by atoms with van der Waals surface area (Å²) in [5.41, 5.74) is 2.04. The topological polar surface area (TPSA) is 26.3 Å². The molecule has 0 spiro atoms. The lowest BCUT2D eigenvalue weighted by atomic mass is 9.44. The molecule has 2 fully saturated rings. The van der Waals surface area contributed by atoms with Crippen molar-refractivity contribution in [3.63, 3.8) is 0 Å². The largest absolute Gasteiger partial charge is 0.431 e. The summed E-state index contributed by atoms with van der Waals surface area (Å²) in [4.78, 5) is 11.7. The quantitative estimate of drug-likeness (QED) is 0.296. The van der Waals surface area contributed by atoms with Crippen LogP contribution in [0.1, 0.15) is 113 Å². The third-order valence-corrected chi connectivity index (χ3v) is 10.9. The molecule has 0 radical (unpaired) electrons. The normalized spacial score (nSPS) is 40.3. The summed E-state index contributed by atoms with van der Waals surface area (Å²) >= 11 is 0. The van der Waals surface area contributed by atoms with E-state index in [9.17, 15) is 4.79 Å². The summed E-state index contributed by atoms with van der Waals surface area (Å²) in [7, 11) is 0. The van der Waals surface area contributed by atoms with Crippen LogP contribution in [-0.2, 0) is 9.53 Å². The molecule has 4 rings (SSSR count). The van der Waals surface area contributed by atoms with Gasteiger partial charge in [0.1, 0.15) is 5.76 Å². The SMILES string of the molecule is CC(=O)OC1=CC[C@@]2(C)C(=CC[C@@H]3[C@H]2CC[C@H]2[C@@H]([C@H](C)CCCC(C)C)CC[C@]32C)C1(C)C. The van der Waals surface area contributed by atoms with E-state index in [0.29, 0.717) is 5.41 Å². The van der Waals surface area contributed by atoms with Crippen molar-refractivity contribution >= 4 is 5.97 Å². The minimum Gasteiger partial charge on any atom is -0.431 e. The number of allylic oxidation sites excluding steroid dienone is 3. The van der Waals surface area contributed by atoms with Gasteiger partial charge in [-0.2, -0.15) is 0 Å². The molecule has 33 heavy (non-hydrogen) atoms. The third kappa shape index (κ3) is 4.16. The first-order valence-corrected chi connectivity index (χ1v) is 14.0. The van der Waals surface area contributed by atoms with Gasteiger partial charge < -0.3 is 4.74 Å². The Balaban J connectivity index is 1.55. The van der Waals surface area contributed by atoms with E-state index in [0.717, 1.165) is 47.7 Å². The highest BCUT2D eigenvalue weighted by molar-refractivity contribution is 5.68. The predicted octanol–water partition coefficient (Wildman–Crippen LogP) is 8.72. The molecule has 0 saturated heterocycles. The minimum absolute atomic E-state index is 0.190. The first kappa shape index (κ1) is 25.1. The summed E-state index contributed by atoms with van der Waals surface area (Å²) in [5, 5.41) is 0. The van der Waals surface area contributed by atoms with Crippen molar-refractivity contribution in [2.24, 2.45) is 51.8 Å². The van der Waals surface area contributed by atoms with Crippen molar-refractivity contribution in [1.29, 1.82) is 0 Å². The van der Waals surface area contributed by atoms with Gasteiger partial charge in [0.15, 0.2) is 0 Å². The molecule has 0 amide bonds. The van der Waals surface area contributed by atoms with Crippen LogP contribution in [-0.4, -0.2) is 5.97 Å². The van der Waals surface area contributed by atoms with Gasteiger partial charge in [-0.05, 0) is 105 Å². The Morgan fingerprint density at radius 1 is 1.00 bits per heavy atom. The van der Waals surface area contributed by atoms with E-state index in [1.165, 1.54) is 63.9 Å². The summed E-state index contributed by atoms with van der Waals surface area (Å²) < 4.78 is 5.69. The summed E-state index contributed by atoms with van der Waals surface area (Å²) in [6, 6.07) is 0. The van der Waals surface area contributed by atoms with Crippen molar-refractivity contribution in [3.8, 4) is 0 Å². The minimum atomic E-state index is -0.195. The van der Waals surface area contributed by atoms with Crippen LogP contribution in [0, 0.1) is 51.8 Å². The number of fused-ring (bicyclic) bond motifs is 5. The van der Waals surface area contributed by atoms with E-state index in [1.807, 2.05) is 0 Å². The molecule has 2 heteroatoms. The van der Waals surface area contributed by atoms with Crippen LogP contribution in [0.25, 0.3) is 0 Å². The van der Waals surface area contributed by atoms with E-state index in [1.54, 1.807) is 0 Å². The van der Waals surface area contributed by atoms with E-state index >= 15 is 0 Å². The van der Waals surface area contributed by atoms with Gasteiger partial charge in [0.05, 0.1) is 0 Å². The molecule has 0 N–H and O–H groups in total. The smallest absolute Gasteiger partial charge is 0.307 e. The second kappa shape index (κ2) is 8.87. The predicted molar refractivity (Wildman–Crippen MR) is 137 cm³/mol. The van der Waals surface area contributed by atoms with Gasteiger partial charge in [-0.3, -0.25) is 4.79 Å². The number of rotatable bonds is 6. The maximum Gasteiger partial charge on any atom is 0.307 e. The summed E-state index contributed by atoms with van der Waals surface area (Å²) in [6.07, 6.45) is 16.9. The lowest BCUT2D eigenvalue weighted by Crippen LogP contribution is -2.53. The first-order valence-electron chi connectivity index (χ1n) is 14.0. The summed E-state index contributed by atoms with van der Waals surface area (Å²) in [6.45, 7) is 18.6. The zero-order chi connectivity index (χ0) is 24.2. The fourth-order valence-corrected chi connectivity index (χ4v) is 9.24. The number of hydrogen-bond donors (Lipinski definition) is 0. The van der Waals surface area contributed by atoms with Crippen molar-refractivity contribution in [2.45, 2.75) is 113 Å². The molecule has 186 valence electrons. The Labute approximate surface area is 204 Å². The number of ether oxygens (including phenoxy) is 1. The highest BCUT2D eigenvalue weighted by Crippen LogP contribution is 2.69. The Kier molecular flexibility index (Phi) is 6.73. The Morgan fingerprint density at radius 2 is 1.70 bits per heavy atom. The average molecular weight is 455 g/mol. The average Bonchev–Trinajstić information content (AvgIpc) is 3.07. The standard InChI is InChI=1S/C31H50O2/c1-20(2)10-9-11-21(3)23-16-18-30(7)24(23)12-13-26-25(30)14-15-27-29(5,6)28(33-22(4)32)17-19-31(26,27)8/h15,17,20-21,23-26H,9-14,16,18-19H2,1-8H3/t21-,23-,24+,25-,26-,30+,31-/m1/s1. The zero-order valence-electron chi connectivity index (χ0n) is 22.8. The number of carbonyl (C=O) groups excluding carboxylic acids is 1. The second-order valence-corrected chi connectivity index (χ2v) is 13.7. The molecule has 0 aromatic heterocycles. The molecule has 4 aliphatic rings. The molecule has 4 aliphatic carbocycles. The fraction of sp³-hybridized carbons (Fsp3) is 0.839. The third-order valence-electron chi connectivity index (χ3n) is 10.9. The lowest BCUT2D eigenvalue weighted by Gasteiger charge is -2.60. The van der Waals surface area contributed by atoms with Gasteiger partial charge in [-0.1, -0.05) is 65.5 Å². The molecule has 2 saturated carbocycles. The molecule has 7 atom stereocenters. The zero-order valence-corrected chi connectivity index (χ0v) is 22.8. The highest BCUT2D eigenvalue weighted by Gasteiger charge is 2.61. The van der Waals surface area contributed by atoms with Crippen LogP contribution >= 0.6 is 0 Å².